The van der Waals surface area contributed by atoms with Crippen molar-refractivity contribution in [1.29, 1.82) is 0 Å². The van der Waals surface area contributed by atoms with Crippen molar-refractivity contribution in [3.63, 3.8) is 0 Å². The van der Waals surface area contributed by atoms with E-state index in [1.165, 1.54) is 11.3 Å². The molecule has 1 aliphatic heterocycles. The van der Waals surface area contributed by atoms with Crippen LogP contribution in [0.5, 0.6) is 0 Å². The Kier molecular flexibility index (Phi) is 6.39. The smallest absolute Gasteiger partial charge is 0.261 e. The summed E-state index contributed by atoms with van der Waals surface area (Å²) in [6.45, 7) is 7.93. The first kappa shape index (κ1) is 17.0. The van der Waals surface area contributed by atoms with Gasteiger partial charge in [-0.2, -0.15) is 0 Å². The summed E-state index contributed by atoms with van der Waals surface area (Å²) < 4.78 is 0. The lowest BCUT2D eigenvalue weighted by Gasteiger charge is -2.31. The van der Waals surface area contributed by atoms with Crippen molar-refractivity contribution in [2.45, 2.75) is 32.7 Å². The number of nitrogens with zero attached hydrogens (tertiary/aromatic N) is 1. The van der Waals surface area contributed by atoms with E-state index in [0.29, 0.717) is 17.3 Å². The van der Waals surface area contributed by atoms with Gasteiger partial charge in [0.05, 0.1) is 4.88 Å². The number of amides is 2. The third kappa shape index (κ3) is 4.81. The molecule has 0 saturated carbocycles. The number of nitrogens with one attached hydrogen (secondary N) is 2. The summed E-state index contributed by atoms with van der Waals surface area (Å²) in [6.07, 6.45) is 2.26. The normalized spacial score (nSPS) is 17.9. The van der Waals surface area contributed by atoms with E-state index in [-0.39, 0.29) is 11.8 Å². The summed E-state index contributed by atoms with van der Waals surface area (Å²) in [7, 11) is 0. The molecule has 2 amide bonds. The van der Waals surface area contributed by atoms with Gasteiger partial charge in [-0.3, -0.25) is 9.59 Å². The molecule has 122 valence electrons. The number of thiophene rings is 1. The summed E-state index contributed by atoms with van der Waals surface area (Å²) in [5.41, 5.74) is 0. The van der Waals surface area contributed by atoms with Crippen LogP contribution in [0.15, 0.2) is 17.5 Å². The van der Waals surface area contributed by atoms with Crippen molar-refractivity contribution in [3.05, 3.63) is 22.4 Å². The standard InChI is InChI=1S/C16H25N3O2S/c1-3-19-8-6-13(7-9-19)11-17-15(20)12(2)18-16(21)14-5-4-10-22-14/h4-5,10,12-13H,3,6-9,11H2,1-2H3,(H,17,20)(H,18,21)/t12-/m1/s1. The number of hydrogen-bond acceptors (Lipinski definition) is 4. The SMILES string of the molecule is CCN1CCC(CNC(=O)[C@@H](C)NC(=O)c2cccs2)CC1. The number of piperidine rings is 1. The van der Waals surface area contributed by atoms with Crippen molar-refractivity contribution in [1.82, 2.24) is 15.5 Å². The molecule has 2 rings (SSSR count). The molecule has 1 saturated heterocycles. The van der Waals surface area contributed by atoms with Crippen LogP contribution in [0, 0.1) is 5.92 Å². The fourth-order valence-corrected chi connectivity index (χ4v) is 3.27. The summed E-state index contributed by atoms with van der Waals surface area (Å²) >= 11 is 1.37. The largest absolute Gasteiger partial charge is 0.354 e. The van der Waals surface area contributed by atoms with Gasteiger partial charge in [0.15, 0.2) is 0 Å². The van der Waals surface area contributed by atoms with Crippen molar-refractivity contribution < 1.29 is 9.59 Å². The van der Waals surface area contributed by atoms with Crippen molar-refractivity contribution in [2.24, 2.45) is 5.92 Å². The summed E-state index contributed by atoms with van der Waals surface area (Å²) in [5, 5.41) is 7.55. The molecule has 2 N–H and O–H groups in total. The van der Waals surface area contributed by atoms with E-state index in [0.717, 1.165) is 32.5 Å². The average Bonchev–Trinajstić information content (AvgIpc) is 3.07. The molecule has 2 heterocycles. The molecule has 0 bridgehead atoms. The van der Waals surface area contributed by atoms with Crippen molar-refractivity contribution in [2.75, 3.05) is 26.2 Å². The third-order valence-corrected chi connectivity index (χ3v) is 5.07. The lowest BCUT2D eigenvalue weighted by molar-refractivity contribution is -0.122. The van der Waals surface area contributed by atoms with Gasteiger partial charge in [0.1, 0.15) is 6.04 Å². The predicted molar refractivity (Wildman–Crippen MR) is 89.1 cm³/mol. The number of hydrogen-bond donors (Lipinski definition) is 2. The highest BCUT2D eigenvalue weighted by molar-refractivity contribution is 7.12. The van der Waals surface area contributed by atoms with Crippen LogP contribution in [0.1, 0.15) is 36.4 Å². The quantitative estimate of drug-likeness (QED) is 0.838. The van der Waals surface area contributed by atoms with E-state index >= 15 is 0 Å². The molecular formula is C16H25N3O2S. The van der Waals surface area contributed by atoms with E-state index in [1.807, 2.05) is 11.4 Å². The van der Waals surface area contributed by atoms with Crippen LogP contribution < -0.4 is 10.6 Å². The van der Waals surface area contributed by atoms with Gasteiger partial charge in [-0.1, -0.05) is 13.0 Å². The molecule has 1 aromatic rings. The molecule has 1 aromatic heterocycles. The number of carbonyl (C=O) groups excluding carboxylic acids is 2. The maximum atomic E-state index is 12.1. The Labute approximate surface area is 136 Å². The lowest BCUT2D eigenvalue weighted by atomic mass is 9.97. The second kappa shape index (κ2) is 8.29. The van der Waals surface area contributed by atoms with Gasteiger partial charge in [-0.15, -0.1) is 11.3 Å². The van der Waals surface area contributed by atoms with Gasteiger partial charge in [0.25, 0.3) is 5.91 Å². The second-order valence-electron chi connectivity index (χ2n) is 5.80. The zero-order valence-corrected chi connectivity index (χ0v) is 14.1. The van der Waals surface area contributed by atoms with Crippen LogP contribution in [-0.2, 0) is 4.79 Å². The van der Waals surface area contributed by atoms with Crippen molar-refractivity contribution >= 4 is 23.2 Å². The van der Waals surface area contributed by atoms with E-state index in [1.54, 1.807) is 13.0 Å². The predicted octanol–water partition coefficient (Wildman–Crippen LogP) is 1.71. The summed E-state index contributed by atoms with van der Waals surface area (Å²) in [4.78, 5) is 27.1. The highest BCUT2D eigenvalue weighted by Gasteiger charge is 2.21. The van der Waals surface area contributed by atoms with Crippen molar-refractivity contribution in [3.8, 4) is 0 Å². The first-order valence-corrected chi connectivity index (χ1v) is 8.82. The topological polar surface area (TPSA) is 61.4 Å². The third-order valence-electron chi connectivity index (χ3n) is 4.21. The first-order valence-electron chi connectivity index (χ1n) is 7.94. The van der Waals surface area contributed by atoms with Gasteiger partial charge >= 0.3 is 0 Å². The monoisotopic (exact) mass is 323 g/mol. The van der Waals surface area contributed by atoms with Crippen LogP contribution in [0.25, 0.3) is 0 Å². The fourth-order valence-electron chi connectivity index (χ4n) is 2.65. The zero-order chi connectivity index (χ0) is 15.9. The van der Waals surface area contributed by atoms with E-state index in [2.05, 4.69) is 22.5 Å². The van der Waals surface area contributed by atoms with Gasteiger partial charge in [0, 0.05) is 6.54 Å². The molecule has 5 nitrogen and oxygen atoms in total. The molecule has 0 aromatic carbocycles. The number of rotatable bonds is 6. The first-order chi connectivity index (χ1) is 10.6. The summed E-state index contributed by atoms with van der Waals surface area (Å²) in [5.74, 6) is 0.253. The van der Waals surface area contributed by atoms with Gasteiger partial charge < -0.3 is 15.5 Å². The Morgan fingerprint density at radius 1 is 1.41 bits per heavy atom. The molecule has 0 radical (unpaired) electrons. The van der Waals surface area contributed by atoms with Crippen LogP contribution in [0.3, 0.4) is 0 Å². The minimum atomic E-state index is -0.509. The highest BCUT2D eigenvalue weighted by Crippen LogP contribution is 2.15. The zero-order valence-electron chi connectivity index (χ0n) is 13.3. The van der Waals surface area contributed by atoms with Gasteiger partial charge in [-0.25, -0.2) is 0 Å². The maximum absolute atomic E-state index is 12.1. The Morgan fingerprint density at radius 3 is 2.73 bits per heavy atom. The molecule has 0 unspecified atom stereocenters. The Hall–Kier alpha value is -1.40. The van der Waals surface area contributed by atoms with E-state index < -0.39 is 6.04 Å². The Bertz CT molecular complexity index is 482. The minimum absolute atomic E-state index is 0.108. The lowest BCUT2D eigenvalue weighted by Crippen LogP contribution is -2.46. The van der Waals surface area contributed by atoms with Crippen LogP contribution in [0.2, 0.25) is 0 Å². The van der Waals surface area contributed by atoms with E-state index in [9.17, 15) is 9.59 Å². The minimum Gasteiger partial charge on any atom is -0.354 e. The molecule has 1 fully saturated rings. The van der Waals surface area contributed by atoms with Gasteiger partial charge in [0.2, 0.25) is 5.91 Å². The molecule has 1 atom stereocenters. The van der Waals surface area contributed by atoms with Crippen LogP contribution >= 0.6 is 11.3 Å². The molecule has 22 heavy (non-hydrogen) atoms. The molecule has 0 aliphatic carbocycles. The molecule has 6 heteroatoms. The Morgan fingerprint density at radius 2 is 2.14 bits per heavy atom. The highest BCUT2D eigenvalue weighted by atomic mass is 32.1. The molecular weight excluding hydrogens is 298 g/mol. The maximum Gasteiger partial charge on any atom is 0.261 e. The van der Waals surface area contributed by atoms with E-state index in [4.69, 9.17) is 0 Å². The summed E-state index contributed by atoms with van der Waals surface area (Å²) in [6, 6.07) is 3.07. The molecule has 0 spiro atoms. The van der Waals surface area contributed by atoms with Crippen LogP contribution in [0.4, 0.5) is 0 Å². The molecule has 1 aliphatic rings. The van der Waals surface area contributed by atoms with Gasteiger partial charge in [-0.05, 0) is 56.8 Å². The van der Waals surface area contributed by atoms with Crippen LogP contribution in [-0.4, -0.2) is 48.9 Å². The second-order valence-corrected chi connectivity index (χ2v) is 6.74. The number of carbonyl (C=O) groups is 2. The number of likely N-dealkylation sites (tertiary alicyclic amines) is 1. The fraction of sp³-hybridized carbons (Fsp3) is 0.625. The average molecular weight is 323 g/mol. The Balaban J connectivity index is 1.69.